The molecular formula is C26H31N3O3. The second-order valence-electron chi connectivity index (χ2n) is 9.25. The topological polar surface area (TPSA) is 70.7 Å². The van der Waals surface area contributed by atoms with E-state index in [2.05, 4.69) is 24.5 Å². The molecule has 2 amide bonds. The number of allylic oxidation sites excluding steroid dienone is 1. The molecule has 4 rings (SSSR count). The summed E-state index contributed by atoms with van der Waals surface area (Å²) in [4.78, 5) is 28.8. The fourth-order valence-corrected chi connectivity index (χ4v) is 4.63. The van der Waals surface area contributed by atoms with Crippen molar-refractivity contribution < 1.29 is 14.3 Å². The third-order valence-corrected chi connectivity index (χ3v) is 6.08. The molecule has 1 unspecified atom stereocenters. The van der Waals surface area contributed by atoms with Crippen molar-refractivity contribution in [2.45, 2.75) is 46.1 Å². The predicted molar refractivity (Wildman–Crippen MR) is 127 cm³/mol. The van der Waals surface area contributed by atoms with E-state index >= 15 is 0 Å². The van der Waals surface area contributed by atoms with Gasteiger partial charge in [-0.15, -0.1) is 0 Å². The Bertz CT molecular complexity index is 1060. The number of para-hydroxylation sites is 2. The molecule has 0 radical (unpaired) electrons. The van der Waals surface area contributed by atoms with Crippen LogP contribution in [0.2, 0.25) is 0 Å². The average molecular weight is 434 g/mol. The number of Topliss-reactive ketones (excluding diaryl/α,β-unsaturated/α-hetero) is 1. The fraction of sp³-hybridized carbons (Fsp3) is 0.385. The molecule has 0 spiro atoms. The highest BCUT2D eigenvalue weighted by atomic mass is 16.5. The predicted octanol–water partition coefficient (Wildman–Crippen LogP) is 5.43. The molecule has 0 bridgehead atoms. The van der Waals surface area contributed by atoms with E-state index in [0.717, 1.165) is 41.2 Å². The van der Waals surface area contributed by atoms with Crippen molar-refractivity contribution in [3.63, 3.8) is 0 Å². The zero-order valence-corrected chi connectivity index (χ0v) is 19.2. The highest BCUT2D eigenvalue weighted by Gasteiger charge is 2.43. The summed E-state index contributed by atoms with van der Waals surface area (Å²) in [5.41, 5.74) is 3.86. The molecular weight excluding hydrogens is 402 g/mol. The smallest absolute Gasteiger partial charge is 0.322 e. The zero-order chi connectivity index (χ0) is 22.9. The molecule has 1 atom stereocenters. The highest BCUT2D eigenvalue weighted by molar-refractivity contribution is 6.06. The number of nitrogens with zero attached hydrogens (tertiary/aromatic N) is 1. The minimum Gasteiger partial charge on any atom is -0.497 e. The van der Waals surface area contributed by atoms with Crippen LogP contribution in [0.4, 0.5) is 16.2 Å². The van der Waals surface area contributed by atoms with Crippen molar-refractivity contribution in [1.82, 2.24) is 5.32 Å². The van der Waals surface area contributed by atoms with Gasteiger partial charge in [0.2, 0.25) is 0 Å². The minimum atomic E-state index is -0.535. The van der Waals surface area contributed by atoms with Crippen LogP contribution in [0.3, 0.4) is 0 Å². The molecule has 0 aromatic heterocycles. The van der Waals surface area contributed by atoms with Crippen molar-refractivity contribution >= 4 is 23.2 Å². The first kappa shape index (κ1) is 21.9. The van der Waals surface area contributed by atoms with Gasteiger partial charge in [-0.05, 0) is 48.1 Å². The van der Waals surface area contributed by atoms with Crippen molar-refractivity contribution in [2.24, 2.45) is 5.41 Å². The van der Waals surface area contributed by atoms with E-state index < -0.39 is 6.04 Å². The van der Waals surface area contributed by atoms with Crippen LogP contribution in [0.15, 0.2) is 59.8 Å². The fourth-order valence-electron chi connectivity index (χ4n) is 4.63. The molecule has 0 saturated heterocycles. The van der Waals surface area contributed by atoms with Gasteiger partial charge in [-0.25, -0.2) is 4.79 Å². The monoisotopic (exact) mass is 433 g/mol. The maximum absolute atomic E-state index is 13.6. The van der Waals surface area contributed by atoms with Crippen LogP contribution in [0.1, 0.15) is 51.6 Å². The average Bonchev–Trinajstić information content (AvgIpc) is 2.91. The molecule has 1 heterocycles. The number of hydrogen-bond acceptors (Lipinski definition) is 4. The van der Waals surface area contributed by atoms with E-state index in [1.54, 1.807) is 12.0 Å². The Kier molecular flexibility index (Phi) is 5.96. The van der Waals surface area contributed by atoms with Crippen LogP contribution in [0.25, 0.3) is 0 Å². The molecule has 6 nitrogen and oxygen atoms in total. The van der Waals surface area contributed by atoms with Crippen LogP contribution in [0.5, 0.6) is 5.75 Å². The van der Waals surface area contributed by atoms with Crippen molar-refractivity contribution in [3.05, 3.63) is 65.4 Å². The van der Waals surface area contributed by atoms with Crippen LogP contribution in [-0.4, -0.2) is 25.5 Å². The van der Waals surface area contributed by atoms with Gasteiger partial charge in [0.05, 0.1) is 24.5 Å². The number of ether oxygens (including phenoxy) is 1. The number of amides is 2. The number of fused-ring (bicyclic) bond motifs is 1. The standard InChI is InChI=1S/C26H31N3O3/c1-5-14-27-25(31)29-21-9-7-6-8-19(21)28-20-15-26(2,3)16-22(30)23(20)24(29)17-10-12-18(32-4)13-11-17/h6-13,24,28H,5,14-16H2,1-4H3,(H,27,31). The molecule has 2 N–H and O–H groups in total. The first-order valence-electron chi connectivity index (χ1n) is 11.2. The Morgan fingerprint density at radius 2 is 1.88 bits per heavy atom. The number of carbonyl (C=O) groups excluding carboxylic acids is 2. The lowest BCUT2D eigenvalue weighted by Gasteiger charge is -2.37. The molecule has 0 saturated carbocycles. The van der Waals surface area contributed by atoms with E-state index in [1.165, 1.54) is 0 Å². The molecule has 2 aromatic rings. The van der Waals surface area contributed by atoms with Gasteiger partial charge in [0, 0.05) is 24.2 Å². The number of hydrogen-bond donors (Lipinski definition) is 2. The summed E-state index contributed by atoms with van der Waals surface area (Å²) in [6.45, 7) is 6.81. The van der Waals surface area contributed by atoms with Gasteiger partial charge in [-0.1, -0.05) is 45.0 Å². The van der Waals surface area contributed by atoms with E-state index in [9.17, 15) is 9.59 Å². The van der Waals surface area contributed by atoms with E-state index in [-0.39, 0.29) is 17.2 Å². The summed E-state index contributed by atoms with van der Waals surface area (Å²) in [6, 6.07) is 14.6. The Morgan fingerprint density at radius 1 is 1.16 bits per heavy atom. The summed E-state index contributed by atoms with van der Waals surface area (Å²) < 4.78 is 5.34. The maximum Gasteiger partial charge on any atom is 0.322 e. The molecule has 1 aliphatic carbocycles. The normalized spacial score (nSPS) is 19.4. The molecule has 2 aromatic carbocycles. The first-order valence-corrected chi connectivity index (χ1v) is 11.2. The van der Waals surface area contributed by atoms with Gasteiger partial charge in [0.1, 0.15) is 5.75 Å². The number of benzene rings is 2. The van der Waals surface area contributed by atoms with Crippen molar-refractivity contribution in [1.29, 1.82) is 0 Å². The van der Waals surface area contributed by atoms with Gasteiger partial charge in [0.25, 0.3) is 0 Å². The molecule has 6 heteroatoms. The largest absolute Gasteiger partial charge is 0.497 e. The lowest BCUT2D eigenvalue weighted by atomic mass is 9.73. The second-order valence-corrected chi connectivity index (χ2v) is 9.25. The molecule has 2 aliphatic rings. The van der Waals surface area contributed by atoms with E-state index in [0.29, 0.717) is 18.5 Å². The maximum atomic E-state index is 13.6. The van der Waals surface area contributed by atoms with E-state index in [1.807, 2.05) is 55.5 Å². The number of rotatable bonds is 4. The summed E-state index contributed by atoms with van der Waals surface area (Å²) in [7, 11) is 1.62. The number of ketones is 1. The summed E-state index contributed by atoms with van der Waals surface area (Å²) in [6.07, 6.45) is 2.01. The second kappa shape index (κ2) is 8.69. The number of anilines is 2. The van der Waals surface area contributed by atoms with Gasteiger partial charge >= 0.3 is 6.03 Å². The quantitative estimate of drug-likeness (QED) is 0.674. The highest BCUT2D eigenvalue weighted by Crippen LogP contribution is 2.48. The Labute approximate surface area is 189 Å². The van der Waals surface area contributed by atoms with Gasteiger partial charge < -0.3 is 15.4 Å². The van der Waals surface area contributed by atoms with Gasteiger partial charge in [0.15, 0.2) is 5.78 Å². The van der Waals surface area contributed by atoms with Crippen molar-refractivity contribution in [3.8, 4) is 5.75 Å². The van der Waals surface area contributed by atoms with Gasteiger partial charge in [-0.3, -0.25) is 9.69 Å². The molecule has 32 heavy (non-hydrogen) atoms. The third-order valence-electron chi connectivity index (χ3n) is 6.08. The number of urea groups is 1. The SMILES string of the molecule is CCCNC(=O)N1c2ccccc2NC2=C(C(=O)CC(C)(C)C2)C1c1ccc(OC)cc1. The van der Waals surface area contributed by atoms with Crippen LogP contribution < -0.4 is 20.3 Å². The van der Waals surface area contributed by atoms with Crippen LogP contribution in [-0.2, 0) is 4.79 Å². The molecule has 1 aliphatic heterocycles. The summed E-state index contributed by atoms with van der Waals surface area (Å²) in [5, 5.41) is 6.54. The van der Waals surface area contributed by atoms with Crippen LogP contribution >= 0.6 is 0 Å². The van der Waals surface area contributed by atoms with Crippen molar-refractivity contribution in [2.75, 3.05) is 23.9 Å². The molecule has 0 fully saturated rings. The third kappa shape index (κ3) is 4.09. The van der Waals surface area contributed by atoms with E-state index in [4.69, 9.17) is 4.74 Å². The first-order chi connectivity index (χ1) is 15.3. The molecule has 168 valence electrons. The lowest BCUT2D eigenvalue weighted by molar-refractivity contribution is -0.118. The summed E-state index contributed by atoms with van der Waals surface area (Å²) in [5.74, 6) is 0.804. The van der Waals surface area contributed by atoms with Crippen LogP contribution in [0, 0.1) is 5.41 Å². The van der Waals surface area contributed by atoms with Gasteiger partial charge in [-0.2, -0.15) is 0 Å². The minimum absolute atomic E-state index is 0.0747. The Morgan fingerprint density at radius 3 is 2.56 bits per heavy atom. The Balaban J connectivity index is 1.95. The number of methoxy groups -OCH3 is 1. The number of carbonyl (C=O) groups is 2. The number of nitrogens with one attached hydrogen (secondary N) is 2. The Hall–Kier alpha value is -3.28. The lowest BCUT2D eigenvalue weighted by Crippen LogP contribution is -2.45. The zero-order valence-electron chi connectivity index (χ0n) is 19.2. The summed E-state index contributed by atoms with van der Waals surface area (Å²) >= 11 is 0.